The van der Waals surface area contributed by atoms with Gasteiger partial charge < -0.3 is 4.74 Å². The van der Waals surface area contributed by atoms with Crippen molar-refractivity contribution in [2.24, 2.45) is 5.41 Å². The molecule has 0 bridgehead atoms. The fraction of sp³-hybridized carbons (Fsp3) is 0.533. The summed E-state index contributed by atoms with van der Waals surface area (Å²) in [6.45, 7) is 7.67. The first-order chi connectivity index (χ1) is 8.83. The number of hydroxylamine groups is 2. The van der Waals surface area contributed by atoms with Crippen molar-refractivity contribution in [3.8, 4) is 0 Å². The predicted molar refractivity (Wildman–Crippen MR) is 74.7 cm³/mol. The lowest BCUT2D eigenvalue weighted by molar-refractivity contribution is -0.0757. The van der Waals surface area contributed by atoms with Gasteiger partial charge in [0.25, 0.3) is 5.91 Å². The molecule has 0 aliphatic rings. The third kappa shape index (κ3) is 5.41. The summed E-state index contributed by atoms with van der Waals surface area (Å²) in [5.41, 5.74) is 1.82. The van der Waals surface area contributed by atoms with Crippen molar-refractivity contribution in [3.05, 3.63) is 35.4 Å². The number of carbonyl (C=O) groups excluding carboxylic acids is 1. The van der Waals surface area contributed by atoms with Gasteiger partial charge in [-0.3, -0.25) is 9.63 Å². The number of nitrogens with zero attached hydrogens (tertiary/aromatic N) is 1. The van der Waals surface area contributed by atoms with E-state index in [2.05, 4.69) is 20.8 Å². The number of hydrogen-bond acceptors (Lipinski definition) is 3. The molecule has 0 saturated heterocycles. The van der Waals surface area contributed by atoms with E-state index in [1.807, 2.05) is 12.1 Å². The fourth-order valence-electron chi connectivity index (χ4n) is 1.48. The molecule has 106 valence electrons. The van der Waals surface area contributed by atoms with Crippen LogP contribution in [0.15, 0.2) is 24.3 Å². The zero-order chi connectivity index (χ0) is 14.5. The van der Waals surface area contributed by atoms with Crippen LogP contribution >= 0.6 is 0 Å². The van der Waals surface area contributed by atoms with Gasteiger partial charge in [-0.1, -0.05) is 32.9 Å². The molecule has 0 N–H and O–H groups in total. The maximum Gasteiger partial charge on any atom is 0.277 e. The summed E-state index contributed by atoms with van der Waals surface area (Å²) in [5, 5.41) is 1.20. The monoisotopic (exact) mass is 265 g/mol. The molecule has 0 unspecified atom stereocenters. The lowest BCUT2D eigenvalue weighted by Crippen LogP contribution is -2.25. The first kappa shape index (κ1) is 15.7. The van der Waals surface area contributed by atoms with Crippen molar-refractivity contribution in [2.75, 3.05) is 20.8 Å². The van der Waals surface area contributed by atoms with E-state index < -0.39 is 0 Å². The summed E-state index contributed by atoms with van der Waals surface area (Å²) >= 11 is 0. The lowest BCUT2D eigenvalue weighted by atomic mass is 9.99. The molecule has 0 aliphatic carbocycles. The van der Waals surface area contributed by atoms with E-state index >= 15 is 0 Å². The van der Waals surface area contributed by atoms with Gasteiger partial charge in [0.2, 0.25) is 0 Å². The highest BCUT2D eigenvalue weighted by molar-refractivity contribution is 5.93. The summed E-state index contributed by atoms with van der Waals surface area (Å²) in [6.07, 6.45) is 0. The summed E-state index contributed by atoms with van der Waals surface area (Å²) < 4.78 is 5.63. The largest absolute Gasteiger partial charge is 0.376 e. The average molecular weight is 265 g/mol. The average Bonchev–Trinajstić information content (AvgIpc) is 2.36. The van der Waals surface area contributed by atoms with Crippen LogP contribution in [0.2, 0.25) is 0 Å². The maximum atomic E-state index is 11.8. The summed E-state index contributed by atoms with van der Waals surface area (Å²) in [6, 6.07) is 7.38. The molecule has 4 nitrogen and oxygen atoms in total. The molecule has 0 radical (unpaired) electrons. The second kappa shape index (κ2) is 6.68. The van der Waals surface area contributed by atoms with Crippen molar-refractivity contribution in [3.63, 3.8) is 0 Å². The highest BCUT2D eigenvalue weighted by Gasteiger charge is 2.12. The molecule has 0 aromatic heterocycles. The SMILES string of the molecule is CON(C)C(=O)c1ccc(COCC(C)(C)C)cc1. The van der Waals surface area contributed by atoms with E-state index in [0.717, 1.165) is 5.56 Å². The fourth-order valence-corrected chi connectivity index (χ4v) is 1.48. The van der Waals surface area contributed by atoms with Crippen molar-refractivity contribution in [2.45, 2.75) is 27.4 Å². The van der Waals surface area contributed by atoms with E-state index in [1.54, 1.807) is 19.2 Å². The Balaban J connectivity index is 2.55. The van der Waals surface area contributed by atoms with Gasteiger partial charge in [0, 0.05) is 12.6 Å². The van der Waals surface area contributed by atoms with Crippen molar-refractivity contribution in [1.82, 2.24) is 5.06 Å². The van der Waals surface area contributed by atoms with Gasteiger partial charge in [-0.25, -0.2) is 5.06 Å². The predicted octanol–water partition coefficient (Wildman–Crippen LogP) is 2.88. The zero-order valence-electron chi connectivity index (χ0n) is 12.4. The highest BCUT2D eigenvalue weighted by atomic mass is 16.7. The maximum absolute atomic E-state index is 11.8. The van der Waals surface area contributed by atoms with E-state index in [0.29, 0.717) is 18.8 Å². The molecule has 1 amide bonds. The highest BCUT2D eigenvalue weighted by Crippen LogP contribution is 2.15. The van der Waals surface area contributed by atoms with E-state index in [-0.39, 0.29) is 11.3 Å². The molecular weight excluding hydrogens is 242 g/mol. The molecule has 0 saturated carbocycles. The number of benzene rings is 1. The molecule has 0 aliphatic heterocycles. The first-order valence-electron chi connectivity index (χ1n) is 6.32. The number of hydrogen-bond donors (Lipinski definition) is 0. The molecule has 1 aromatic carbocycles. The van der Waals surface area contributed by atoms with Crippen LogP contribution in [0.25, 0.3) is 0 Å². The Hall–Kier alpha value is -1.39. The molecule has 0 atom stereocenters. The van der Waals surface area contributed by atoms with Crippen LogP contribution in [-0.4, -0.2) is 31.7 Å². The van der Waals surface area contributed by atoms with Gasteiger partial charge in [-0.05, 0) is 23.1 Å². The zero-order valence-corrected chi connectivity index (χ0v) is 12.4. The second-order valence-electron chi connectivity index (χ2n) is 5.74. The normalized spacial score (nSPS) is 11.4. The van der Waals surface area contributed by atoms with Crippen LogP contribution in [0.4, 0.5) is 0 Å². The Labute approximate surface area is 115 Å². The first-order valence-corrected chi connectivity index (χ1v) is 6.32. The third-order valence-electron chi connectivity index (χ3n) is 2.56. The van der Waals surface area contributed by atoms with Crippen molar-refractivity contribution >= 4 is 5.91 Å². The number of rotatable bonds is 5. The summed E-state index contributed by atoms with van der Waals surface area (Å²) in [4.78, 5) is 16.7. The van der Waals surface area contributed by atoms with E-state index in [9.17, 15) is 4.79 Å². The van der Waals surface area contributed by atoms with Crippen molar-refractivity contribution < 1.29 is 14.4 Å². The van der Waals surface area contributed by atoms with Gasteiger partial charge >= 0.3 is 0 Å². The molecular formula is C15H23NO3. The number of ether oxygens (including phenoxy) is 1. The van der Waals surface area contributed by atoms with Crippen LogP contribution < -0.4 is 0 Å². The van der Waals surface area contributed by atoms with Crippen LogP contribution in [0.5, 0.6) is 0 Å². The van der Waals surface area contributed by atoms with Gasteiger partial charge in [0.15, 0.2) is 0 Å². The third-order valence-corrected chi connectivity index (χ3v) is 2.56. The van der Waals surface area contributed by atoms with Gasteiger partial charge in [-0.2, -0.15) is 0 Å². The van der Waals surface area contributed by atoms with E-state index in [4.69, 9.17) is 9.57 Å². The van der Waals surface area contributed by atoms with Gasteiger partial charge in [-0.15, -0.1) is 0 Å². The molecule has 0 spiro atoms. The molecule has 1 aromatic rings. The molecule has 0 heterocycles. The number of amides is 1. The topological polar surface area (TPSA) is 38.8 Å². The molecule has 1 rings (SSSR count). The minimum absolute atomic E-state index is 0.162. The minimum Gasteiger partial charge on any atom is -0.376 e. The van der Waals surface area contributed by atoms with Gasteiger partial charge in [0.1, 0.15) is 0 Å². The Bertz CT molecular complexity index is 406. The molecule has 4 heteroatoms. The summed E-state index contributed by atoms with van der Waals surface area (Å²) in [5.74, 6) is -0.162. The van der Waals surface area contributed by atoms with Crippen LogP contribution in [0.1, 0.15) is 36.7 Å². The van der Waals surface area contributed by atoms with E-state index in [1.165, 1.54) is 12.2 Å². The standard InChI is InChI=1S/C15H23NO3/c1-15(2,3)11-19-10-12-6-8-13(9-7-12)14(17)16(4)18-5/h6-9H,10-11H2,1-5H3. The Morgan fingerprint density at radius 2 is 1.79 bits per heavy atom. The smallest absolute Gasteiger partial charge is 0.277 e. The number of carbonyl (C=O) groups is 1. The molecule has 19 heavy (non-hydrogen) atoms. The Morgan fingerprint density at radius 1 is 1.21 bits per heavy atom. The minimum atomic E-state index is -0.162. The lowest BCUT2D eigenvalue weighted by Gasteiger charge is -2.18. The quantitative estimate of drug-likeness (QED) is 0.768. The van der Waals surface area contributed by atoms with Crippen LogP contribution in [0, 0.1) is 5.41 Å². The second-order valence-corrected chi connectivity index (χ2v) is 5.74. The Morgan fingerprint density at radius 3 is 2.26 bits per heavy atom. The molecule has 0 fully saturated rings. The van der Waals surface area contributed by atoms with Gasteiger partial charge in [0.05, 0.1) is 20.3 Å². The van der Waals surface area contributed by atoms with Crippen LogP contribution in [0.3, 0.4) is 0 Å². The van der Waals surface area contributed by atoms with Crippen LogP contribution in [-0.2, 0) is 16.2 Å². The van der Waals surface area contributed by atoms with Crippen molar-refractivity contribution in [1.29, 1.82) is 0 Å². The Kier molecular flexibility index (Phi) is 5.51. The summed E-state index contributed by atoms with van der Waals surface area (Å²) in [7, 11) is 3.05.